The summed E-state index contributed by atoms with van der Waals surface area (Å²) in [7, 11) is 0. The van der Waals surface area contributed by atoms with Crippen molar-refractivity contribution in [2.75, 3.05) is 5.75 Å². The van der Waals surface area contributed by atoms with Gasteiger partial charge in [0.25, 0.3) is 0 Å². The number of carbonyl (C=O) groups excluding carboxylic acids is 2. The van der Waals surface area contributed by atoms with Crippen LogP contribution in [0.2, 0.25) is 0 Å². The number of pyridine rings is 1. The number of nitrogens with zero attached hydrogens (tertiary/aromatic N) is 3. The lowest BCUT2D eigenvalue weighted by molar-refractivity contribution is -0.513. The molecule has 0 aromatic carbocycles. The highest BCUT2D eigenvalue weighted by molar-refractivity contribution is 8.14. The molecule has 6 rings (SSSR count). The van der Waals surface area contributed by atoms with Crippen molar-refractivity contribution >= 4 is 34.7 Å². The van der Waals surface area contributed by atoms with E-state index >= 15 is 0 Å². The number of hydrogen-bond acceptors (Lipinski definition) is 10. The molecule has 8 unspecified atom stereocenters. The second-order valence-electron chi connectivity index (χ2n) is 13.4. The fourth-order valence-corrected chi connectivity index (χ4v) is 10.2. The van der Waals surface area contributed by atoms with Crippen molar-refractivity contribution in [3.05, 3.63) is 65.5 Å². The third-order valence-corrected chi connectivity index (χ3v) is 12.0. The van der Waals surface area contributed by atoms with Crippen LogP contribution in [0, 0.1) is 57.2 Å². The van der Waals surface area contributed by atoms with Gasteiger partial charge in [-0.15, -0.1) is 0 Å². The summed E-state index contributed by atoms with van der Waals surface area (Å²) in [5.41, 5.74) is 0.737. The normalized spacial score (nSPS) is 35.4. The van der Waals surface area contributed by atoms with Gasteiger partial charge in [0.1, 0.15) is 12.0 Å². The number of nitrogens with one attached hydrogen (secondary N) is 1. The van der Waals surface area contributed by atoms with Crippen molar-refractivity contribution in [1.82, 2.24) is 9.97 Å². The summed E-state index contributed by atoms with van der Waals surface area (Å²) in [6, 6.07) is 4.98. The average Bonchev–Trinajstić information content (AvgIpc) is 3.64. The molecule has 4 N–H and O–H groups in total. The lowest BCUT2D eigenvalue weighted by atomic mass is 9.44. The predicted molar refractivity (Wildman–Crippen MR) is 162 cm³/mol. The number of rotatable bonds is 7. The van der Waals surface area contributed by atoms with Crippen molar-refractivity contribution in [3.8, 4) is 6.07 Å². The van der Waals surface area contributed by atoms with Gasteiger partial charge in [0.15, 0.2) is 23.4 Å². The number of aliphatic hydroxyl groups is 1. The summed E-state index contributed by atoms with van der Waals surface area (Å²) >= 11 is 0.848. The molecule has 0 spiro atoms. The molecule has 0 aliphatic heterocycles. The maximum atomic E-state index is 13.9. The van der Waals surface area contributed by atoms with Gasteiger partial charge in [0, 0.05) is 23.3 Å². The van der Waals surface area contributed by atoms with E-state index in [4.69, 9.17) is 14.6 Å². The first-order valence-corrected chi connectivity index (χ1v) is 16.2. The zero-order valence-electron chi connectivity index (χ0n) is 25.5. The van der Waals surface area contributed by atoms with Crippen LogP contribution in [0.1, 0.15) is 63.4 Å². The molecule has 3 saturated carbocycles. The molecule has 0 amide bonds. The molecular weight excluding hydrogens is 597 g/mol. The third kappa shape index (κ3) is 4.96. The van der Waals surface area contributed by atoms with Crippen molar-refractivity contribution < 1.29 is 33.6 Å². The minimum Gasteiger partial charge on any atom is -0.451 e. The van der Waals surface area contributed by atoms with Crippen LogP contribution in [0.25, 0.3) is 0 Å². The Hall–Kier alpha value is -3.66. The monoisotopic (exact) mass is 634 g/mol. The SMILES string of the molecule is CC1CC2C(C(O)CC3(C)C2CCC3(OC(=O)c2cocn2)C(=O)SCC#N)C2(C)CC(C=N)=C([NH2+]c3ccc(F)nc3)C=C12. The number of fused-ring (bicyclic) bond motifs is 5. The molecule has 4 aliphatic rings. The summed E-state index contributed by atoms with van der Waals surface area (Å²) in [4.78, 5) is 34.9. The Bertz CT molecular complexity index is 1620. The number of nitrogens with two attached hydrogens (primary N) is 1. The highest BCUT2D eigenvalue weighted by atomic mass is 32.2. The summed E-state index contributed by atoms with van der Waals surface area (Å²) in [6.07, 6.45) is 8.95. The van der Waals surface area contributed by atoms with Crippen LogP contribution >= 0.6 is 11.8 Å². The molecule has 3 fully saturated rings. The first-order valence-electron chi connectivity index (χ1n) is 15.2. The first kappa shape index (κ1) is 31.3. The molecule has 2 aromatic heterocycles. The number of oxazole rings is 1. The average molecular weight is 635 g/mol. The van der Waals surface area contributed by atoms with Crippen LogP contribution in [0.3, 0.4) is 0 Å². The van der Waals surface area contributed by atoms with Gasteiger partial charge in [-0.05, 0) is 73.3 Å². The Morgan fingerprint density at radius 3 is 2.82 bits per heavy atom. The summed E-state index contributed by atoms with van der Waals surface area (Å²) < 4.78 is 24.6. The first-order chi connectivity index (χ1) is 21.5. The Morgan fingerprint density at radius 1 is 1.36 bits per heavy atom. The highest BCUT2D eigenvalue weighted by Crippen LogP contribution is 2.69. The number of hydrogen-bond donors (Lipinski definition) is 3. The molecular formula is C33H37FN5O5S+. The van der Waals surface area contributed by atoms with E-state index in [1.54, 1.807) is 6.07 Å². The Labute approximate surface area is 265 Å². The van der Waals surface area contributed by atoms with Gasteiger partial charge in [-0.3, -0.25) is 10.1 Å². The van der Waals surface area contributed by atoms with Crippen molar-refractivity contribution in [2.24, 2.45) is 34.5 Å². The van der Waals surface area contributed by atoms with Crippen LogP contribution in [0.4, 0.5) is 10.1 Å². The van der Waals surface area contributed by atoms with Gasteiger partial charge < -0.3 is 19.7 Å². The van der Waals surface area contributed by atoms with Gasteiger partial charge >= 0.3 is 5.97 Å². The molecule has 236 valence electrons. The number of aliphatic hydroxyl groups excluding tert-OH is 1. The van der Waals surface area contributed by atoms with E-state index in [9.17, 15) is 24.3 Å². The molecule has 2 heterocycles. The number of esters is 1. The van der Waals surface area contributed by atoms with Gasteiger partial charge in [0.05, 0.1) is 24.1 Å². The zero-order chi connectivity index (χ0) is 32.1. The quantitative estimate of drug-likeness (QED) is 0.226. The van der Waals surface area contributed by atoms with Crippen LogP contribution in [0.15, 0.2) is 58.3 Å². The second-order valence-corrected chi connectivity index (χ2v) is 14.3. The zero-order valence-corrected chi connectivity index (χ0v) is 26.3. The van der Waals surface area contributed by atoms with E-state index in [1.807, 2.05) is 18.3 Å². The summed E-state index contributed by atoms with van der Waals surface area (Å²) in [5.74, 6) is -1.41. The Kier molecular flexibility index (Phi) is 8.08. The van der Waals surface area contributed by atoms with Gasteiger partial charge in [-0.1, -0.05) is 38.1 Å². The highest BCUT2D eigenvalue weighted by Gasteiger charge is 2.71. The lowest BCUT2D eigenvalue weighted by Gasteiger charge is -2.61. The number of thioether (sulfide) groups is 1. The standard InChI is InChI=1S/C33H36FN5O5S/c1-18-10-21-22-6-7-33(30(42)45-9-8-35,44-29(41)25-16-43-17-38-25)32(22,3)13-26(40)28(21)31(2)12-19(14-36)24(11-23(18)31)39-20-4-5-27(34)37-15-20/h4-5,11,14-18,21-22,26,28,36,39-40H,6-7,9-10,12-13H2,1-3H3/p+1. The van der Waals surface area contributed by atoms with E-state index in [-0.39, 0.29) is 53.1 Å². The van der Waals surface area contributed by atoms with Crippen LogP contribution in [-0.2, 0) is 9.53 Å². The fourth-order valence-electron chi connectivity index (χ4n) is 9.35. The lowest BCUT2D eigenvalue weighted by Crippen LogP contribution is -2.76. The smallest absolute Gasteiger partial charge is 0.361 e. The number of carbonyl (C=O) groups is 2. The molecule has 45 heavy (non-hydrogen) atoms. The van der Waals surface area contributed by atoms with E-state index < -0.39 is 34.5 Å². The Balaban J connectivity index is 1.35. The topological polar surface area (TPSA) is 167 Å². The third-order valence-electron chi connectivity index (χ3n) is 11.1. The fraction of sp³-hybridized carbons (Fsp3) is 0.515. The molecule has 2 aromatic rings. The van der Waals surface area contributed by atoms with Gasteiger partial charge in [0.2, 0.25) is 11.1 Å². The van der Waals surface area contributed by atoms with Crippen molar-refractivity contribution in [3.63, 3.8) is 0 Å². The van der Waals surface area contributed by atoms with E-state index in [0.717, 1.165) is 41.5 Å². The molecule has 0 radical (unpaired) electrons. The van der Waals surface area contributed by atoms with Gasteiger partial charge in [-0.25, -0.2) is 14.8 Å². The van der Waals surface area contributed by atoms with E-state index in [0.29, 0.717) is 12.8 Å². The Morgan fingerprint density at radius 2 is 2.16 bits per heavy atom. The summed E-state index contributed by atoms with van der Waals surface area (Å²) in [5, 5.41) is 31.2. The minimum atomic E-state index is -1.54. The van der Waals surface area contributed by atoms with Crippen molar-refractivity contribution in [1.29, 1.82) is 10.7 Å². The number of quaternary nitrogens is 1. The van der Waals surface area contributed by atoms with Crippen LogP contribution < -0.4 is 5.32 Å². The number of nitriles is 1. The number of aromatic nitrogens is 2. The van der Waals surface area contributed by atoms with E-state index in [2.05, 4.69) is 29.9 Å². The van der Waals surface area contributed by atoms with Crippen LogP contribution in [-0.4, -0.2) is 49.8 Å². The number of ether oxygens (including phenoxy) is 1. The van der Waals surface area contributed by atoms with E-state index in [1.165, 1.54) is 30.3 Å². The molecule has 4 aliphatic carbocycles. The molecule has 10 nitrogen and oxygen atoms in total. The second kappa shape index (κ2) is 11.6. The van der Waals surface area contributed by atoms with Crippen molar-refractivity contribution in [2.45, 2.75) is 64.6 Å². The van der Waals surface area contributed by atoms with Gasteiger partial charge in [-0.2, -0.15) is 9.65 Å². The molecule has 0 saturated heterocycles. The maximum absolute atomic E-state index is 13.9. The maximum Gasteiger partial charge on any atom is 0.361 e. The minimum absolute atomic E-state index is 0.0242. The number of halogens is 1. The molecule has 12 heteroatoms. The molecule has 8 atom stereocenters. The molecule has 0 bridgehead atoms. The predicted octanol–water partition coefficient (Wildman–Crippen LogP) is 4.48. The van der Waals surface area contributed by atoms with Crippen LogP contribution in [0.5, 0.6) is 0 Å². The largest absolute Gasteiger partial charge is 0.451 e. The number of allylic oxidation sites excluding steroid dienone is 3. The summed E-state index contributed by atoms with van der Waals surface area (Å²) in [6.45, 7) is 6.32.